The molecular formula is C16H17NO5. The fraction of sp³-hybridized carbons (Fsp3) is 0.438. The molecule has 0 spiro atoms. The third kappa shape index (κ3) is 2.87. The highest BCUT2D eigenvalue weighted by molar-refractivity contribution is 6.20. The molecule has 2 amide bonds. The number of fused-ring (bicyclic) bond motifs is 1. The lowest BCUT2D eigenvalue weighted by Crippen LogP contribution is -2.32. The highest BCUT2D eigenvalue weighted by Crippen LogP contribution is 2.24. The molecule has 1 aromatic rings. The second kappa shape index (κ2) is 6.27. The summed E-state index contributed by atoms with van der Waals surface area (Å²) < 4.78 is 5.35. The molecule has 116 valence electrons. The van der Waals surface area contributed by atoms with Crippen molar-refractivity contribution in [2.24, 2.45) is 5.92 Å². The predicted molar refractivity (Wildman–Crippen MR) is 75.8 cm³/mol. The number of imide groups is 1. The normalized spacial score (nSPS) is 20.9. The summed E-state index contributed by atoms with van der Waals surface area (Å²) in [4.78, 5) is 41.0. The molecule has 0 aliphatic carbocycles. The molecule has 2 aliphatic rings. The number of carbonyl (C=O) groups excluding carboxylic acids is 3. The number of hydrogen-bond acceptors (Lipinski definition) is 5. The Bertz CT molecular complexity index is 571. The number of amides is 2. The van der Waals surface area contributed by atoms with Crippen LogP contribution in [0.15, 0.2) is 24.3 Å². The van der Waals surface area contributed by atoms with Crippen molar-refractivity contribution in [2.75, 3.05) is 13.2 Å². The highest BCUT2D eigenvalue weighted by atomic mass is 16.7. The van der Waals surface area contributed by atoms with Crippen LogP contribution < -0.4 is 0 Å². The van der Waals surface area contributed by atoms with E-state index in [0.29, 0.717) is 24.0 Å². The number of ether oxygens (including phenoxy) is 1. The third-order valence-electron chi connectivity index (χ3n) is 3.96. The van der Waals surface area contributed by atoms with Gasteiger partial charge in [0.1, 0.15) is 0 Å². The smallest absolute Gasteiger partial charge is 0.333 e. The van der Waals surface area contributed by atoms with E-state index >= 15 is 0 Å². The Kier molecular flexibility index (Phi) is 4.20. The van der Waals surface area contributed by atoms with E-state index < -0.39 is 17.8 Å². The molecule has 1 fully saturated rings. The van der Waals surface area contributed by atoms with Crippen molar-refractivity contribution >= 4 is 17.8 Å². The Hall–Kier alpha value is -2.21. The Morgan fingerprint density at radius 2 is 1.91 bits per heavy atom. The number of rotatable bonds is 4. The molecule has 0 saturated carbocycles. The molecule has 0 radical (unpaired) electrons. The van der Waals surface area contributed by atoms with Gasteiger partial charge in [0.15, 0.2) is 0 Å². The first kappa shape index (κ1) is 14.7. The molecule has 1 saturated heterocycles. The van der Waals surface area contributed by atoms with Crippen LogP contribution in [0, 0.1) is 5.92 Å². The topological polar surface area (TPSA) is 72.9 Å². The monoisotopic (exact) mass is 303 g/mol. The molecule has 6 nitrogen and oxygen atoms in total. The first-order valence-electron chi connectivity index (χ1n) is 7.43. The van der Waals surface area contributed by atoms with Gasteiger partial charge in [-0.2, -0.15) is 0 Å². The third-order valence-corrected chi connectivity index (χ3v) is 3.96. The Morgan fingerprint density at radius 1 is 1.23 bits per heavy atom. The largest absolute Gasteiger partial charge is 0.381 e. The van der Waals surface area contributed by atoms with Gasteiger partial charge in [-0.1, -0.05) is 17.2 Å². The predicted octanol–water partition coefficient (Wildman–Crippen LogP) is 1.95. The van der Waals surface area contributed by atoms with Crippen LogP contribution in [0.3, 0.4) is 0 Å². The minimum absolute atomic E-state index is 0.168. The Morgan fingerprint density at radius 3 is 2.50 bits per heavy atom. The van der Waals surface area contributed by atoms with Crippen LogP contribution in [0.1, 0.15) is 46.4 Å². The molecule has 22 heavy (non-hydrogen) atoms. The van der Waals surface area contributed by atoms with E-state index in [1.165, 1.54) is 0 Å². The van der Waals surface area contributed by atoms with Gasteiger partial charge >= 0.3 is 5.97 Å². The molecule has 0 N–H and O–H groups in total. The molecule has 1 atom stereocenters. The van der Waals surface area contributed by atoms with Crippen LogP contribution in [0.4, 0.5) is 0 Å². The molecule has 1 unspecified atom stereocenters. The van der Waals surface area contributed by atoms with E-state index in [-0.39, 0.29) is 17.5 Å². The summed E-state index contributed by atoms with van der Waals surface area (Å²) in [5, 5.41) is 0.560. The zero-order valence-corrected chi connectivity index (χ0v) is 12.1. The van der Waals surface area contributed by atoms with Crippen molar-refractivity contribution in [3.8, 4) is 0 Å². The van der Waals surface area contributed by atoms with Crippen LogP contribution >= 0.6 is 0 Å². The molecule has 0 bridgehead atoms. The maximum Gasteiger partial charge on any atom is 0.333 e. The summed E-state index contributed by atoms with van der Waals surface area (Å²) in [5.41, 5.74) is 0.530. The Labute approximate surface area is 127 Å². The van der Waals surface area contributed by atoms with E-state index in [1.807, 2.05) is 0 Å². The SMILES string of the molecule is O=C(CCC1CCCOC1)ON1C(=O)c2ccccc2C1=O. The van der Waals surface area contributed by atoms with Gasteiger partial charge in [-0.15, -0.1) is 0 Å². The zero-order valence-electron chi connectivity index (χ0n) is 12.1. The van der Waals surface area contributed by atoms with Crippen molar-refractivity contribution in [2.45, 2.75) is 25.7 Å². The van der Waals surface area contributed by atoms with Gasteiger partial charge in [0.05, 0.1) is 11.1 Å². The molecule has 3 rings (SSSR count). The van der Waals surface area contributed by atoms with Gasteiger partial charge in [0.2, 0.25) is 0 Å². The molecule has 1 aromatic carbocycles. The standard InChI is InChI=1S/C16H17NO5/c18-14(8-7-11-4-3-9-21-10-11)22-17-15(19)12-5-1-2-6-13(12)16(17)20/h1-2,5-6,11H,3-4,7-10H2. The quantitative estimate of drug-likeness (QED) is 0.795. The lowest BCUT2D eigenvalue weighted by molar-refractivity contribution is -0.169. The van der Waals surface area contributed by atoms with Crippen LogP contribution in [-0.2, 0) is 14.4 Å². The molecular weight excluding hydrogens is 286 g/mol. The summed E-state index contributed by atoms with van der Waals surface area (Å²) in [7, 11) is 0. The minimum Gasteiger partial charge on any atom is -0.381 e. The van der Waals surface area contributed by atoms with Crippen molar-refractivity contribution in [3.05, 3.63) is 35.4 Å². The maximum absolute atomic E-state index is 12.1. The summed E-state index contributed by atoms with van der Waals surface area (Å²) in [6.07, 6.45) is 2.84. The number of hydrogen-bond donors (Lipinski definition) is 0. The zero-order chi connectivity index (χ0) is 15.5. The minimum atomic E-state index is -0.588. The van der Waals surface area contributed by atoms with E-state index in [4.69, 9.17) is 9.57 Å². The van der Waals surface area contributed by atoms with Crippen molar-refractivity contribution in [3.63, 3.8) is 0 Å². The average molecular weight is 303 g/mol. The van der Waals surface area contributed by atoms with Crippen LogP contribution in [0.2, 0.25) is 0 Å². The number of hydroxylamine groups is 2. The van der Waals surface area contributed by atoms with Gasteiger partial charge in [-0.3, -0.25) is 9.59 Å². The fourth-order valence-corrected chi connectivity index (χ4v) is 2.75. The van der Waals surface area contributed by atoms with Crippen molar-refractivity contribution < 1.29 is 24.0 Å². The fourth-order valence-electron chi connectivity index (χ4n) is 2.75. The average Bonchev–Trinajstić information content (AvgIpc) is 2.79. The lowest BCUT2D eigenvalue weighted by Gasteiger charge is -2.21. The van der Waals surface area contributed by atoms with Gasteiger partial charge in [-0.25, -0.2) is 4.79 Å². The summed E-state index contributed by atoms with van der Waals surface area (Å²) >= 11 is 0. The van der Waals surface area contributed by atoms with Crippen LogP contribution in [0.5, 0.6) is 0 Å². The lowest BCUT2D eigenvalue weighted by atomic mass is 9.97. The summed E-state index contributed by atoms with van der Waals surface area (Å²) in [5.74, 6) is -1.41. The summed E-state index contributed by atoms with van der Waals surface area (Å²) in [6, 6.07) is 6.42. The molecule has 0 aromatic heterocycles. The van der Waals surface area contributed by atoms with Crippen LogP contribution in [-0.4, -0.2) is 36.1 Å². The molecule has 2 heterocycles. The van der Waals surface area contributed by atoms with Crippen molar-refractivity contribution in [1.29, 1.82) is 0 Å². The van der Waals surface area contributed by atoms with Gasteiger partial charge < -0.3 is 9.57 Å². The number of nitrogens with zero attached hydrogens (tertiary/aromatic N) is 1. The Balaban J connectivity index is 1.56. The highest BCUT2D eigenvalue weighted by Gasteiger charge is 2.38. The second-order valence-corrected chi connectivity index (χ2v) is 5.54. The van der Waals surface area contributed by atoms with E-state index in [2.05, 4.69) is 0 Å². The van der Waals surface area contributed by atoms with Gasteiger partial charge in [-0.05, 0) is 37.3 Å². The number of carbonyl (C=O) groups is 3. The van der Waals surface area contributed by atoms with Crippen LogP contribution in [0.25, 0.3) is 0 Å². The second-order valence-electron chi connectivity index (χ2n) is 5.54. The van der Waals surface area contributed by atoms with Gasteiger partial charge in [0, 0.05) is 19.6 Å². The molecule has 6 heteroatoms. The molecule has 2 aliphatic heterocycles. The van der Waals surface area contributed by atoms with E-state index in [0.717, 1.165) is 19.4 Å². The maximum atomic E-state index is 12.1. The van der Waals surface area contributed by atoms with E-state index in [1.54, 1.807) is 24.3 Å². The first-order valence-corrected chi connectivity index (χ1v) is 7.43. The van der Waals surface area contributed by atoms with Crippen molar-refractivity contribution in [1.82, 2.24) is 5.06 Å². The number of benzene rings is 1. The first-order chi connectivity index (χ1) is 10.7. The van der Waals surface area contributed by atoms with Gasteiger partial charge in [0.25, 0.3) is 11.8 Å². The summed E-state index contributed by atoms with van der Waals surface area (Å²) in [6.45, 7) is 1.43. The van der Waals surface area contributed by atoms with E-state index in [9.17, 15) is 14.4 Å².